The molecule has 1 heterocycles. The summed E-state index contributed by atoms with van der Waals surface area (Å²) < 4.78 is 92.9. The van der Waals surface area contributed by atoms with Crippen molar-refractivity contribution >= 4 is 5.91 Å². The predicted octanol–water partition coefficient (Wildman–Crippen LogP) is 4.90. The summed E-state index contributed by atoms with van der Waals surface area (Å²) in [6, 6.07) is 5.69. The quantitative estimate of drug-likeness (QED) is 0.695. The average Bonchev–Trinajstić information content (AvgIpc) is 2.82. The number of halogens is 7. The summed E-state index contributed by atoms with van der Waals surface area (Å²) in [7, 11) is 0. The largest absolute Gasteiger partial charge is 0.573 e. The molecule has 10 heteroatoms. The van der Waals surface area contributed by atoms with Crippen molar-refractivity contribution in [1.29, 1.82) is 0 Å². The first kappa shape index (κ1) is 19.0. The summed E-state index contributed by atoms with van der Waals surface area (Å²) in [6.07, 6.45) is -9.75. The fourth-order valence-corrected chi connectivity index (χ4v) is 2.84. The van der Waals surface area contributed by atoms with Gasteiger partial charge in [-0.25, -0.2) is 4.39 Å². The van der Waals surface area contributed by atoms with Crippen molar-refractivity contribution in [2.45, 2.75) is 25.6 Å². The van der Waals surface area contributed by atoms with Crippen LogP contribution in [0, 0.1) is 5.82 Å². The molecule has 0 saturated carbocycles. The fraction of sp³-hybridized carbons (Fsp3) is 0.235. The van der Waals surface area contributed by atoms with Gasteiger partial charge in [0.2, 0.25) is 0 Å². The maximum Gasteiger partial charge on any atom is 0.573 e. The number of carbonyl (C=O) groups is 1. The molecule has 3 nitrogen and oxygen atoms in total. The molecule has 1 aliphatic rings. The Hall–Kier alpha value is -2.78. The van der Waals surface area contributed by atoms with Gasteiger partial charge in [0, 0.05) is 13.1 Å². The summed E-state index contributed by atoms with van der Waals surface area (Å²) in [5.74, 6) is -2.50. The van der Waals surface area contributed by atoms with Crippen molar-refractivity contribution in [2.24, 2.45) is 0 Å². The second kappa shape index (κ2) is 6.43. The molecule has 0 bridgehead atoms. The highest BCUT2D eigenvalue weighted by Crippen LogP contribution is 2.38. The van der Waals surface area contributed by atoms with Crippen molar-refractivity contribution in [1.82, 2.24) is 4.90 Å². The third kappa shape index (κ3) is 4.15. The summed E-state index contributed by atoms with van der Waals surface area (Å²) in [5, 5.41) is 0. The van der Waals surface area contributed by atoms with Crippen LogP contribution in [-0.4, -0.2) is 17.2 Å². The molecule has 0 spiro atoms. The van der Waals surface area contributed by atoms with Crippen LogP contribution in [0.25, 0.3) is 0 Å². The van der Waals surface area contributed by atoms with Crippen molar-refractivity contribution in [3.8, 4) is 5.75 Å². The van der Waals surface area contributed by atoms with E-state index >= 15 is 0 Å². The minimum atomic E-state index is -4.89. The number of hydrogen-bond acceptors (Lipinski definition) is 2. The van der Waals surface area contributed by atoms with Gasteiger partial charge in [0.05, 0.1) is 11.1 Å². The van der Waals surface area contributed by atoms with Crippen LogP contribution in [0.3, 0.4) is 0 Å². The number of benzene rings is 2. The third-order valence-corrected chi connectivity index (χ3v) is 3.88. The molecule has 0 atom stereocenters. The molecular weight excluding hydrogens is 383 g/mol. The van der Waals surface area contributed by atoms with E-state index in [2.05, 4.69) is 4.74 Å². The normalized spacial score (nSPS) is 14.5. The van der Waals surface area contributed by atoms with Gasteiger partial charge >= 0.3 is 12.5 Å². The van der Waals surface area contributed by atoms with E-state index in [0.29, 0.717) is 5.56 Å². The SMILES string of the molecule is O=C1c2c(cc(F)cc2C(F)(F)F)CN1Cc1ccc(OC(F)(F)F)cc1. The van der Waals surface area contributed by atoms with Gasteiger partial charge in [0.15, 0.2) is 0 Å². The van der Waals surface area contributed by atoms with Crippen molar-refractivity contribution in [3.63, 3.8) is 0 Å². The minimum absolute atomic E-state index is 0.0932. The highest BCUT2D eigenvalue weighted by atomic mass is 19.4. The second-order valence-electron chi connectivity index (χ2n) is 5.84. The van der Waals surface area contributed by atoms with Gasteiger partial charge in [-0.1, -0.05) is 12.1 Å². The first-order chi connectivity index (χ1) is 12.4. The Kier molecular flexibility index (Phi) is 4.52. The molecule has 0 aromatic heterocycles. The maximum atomic E-state index is 13.5. The Bertz CT molecular complexity index is 873. The zero-order chi connectivity index (χ0) is 20.0. The molecule has 0 aliphatic carbocycles. The Morgan fingerprint density at radius 3 is 2.19 bits per heavy atom. The number of alkyl halides is 6. The topological polar surface area (TPSA) is 29.5 Å². The molecule has 0 fully saturated rings. The van der Waals surface area contributed by atoms with Gasteiger partial charge in [-0.15, -0.1) is 13.2 Å². The highest BCUT2D eigenvalue weighted by molar-refractivity contribution is 6.00. The summed E-state index contributed by atoms with van der Waals surface area (Å²) >= 11 is 0. The Morgan fingerprint density at radius 2 is 1.63 bits per heavy atom. The van der Waals surface area contributed by atoms with Gasteiger partial charge in [-0.05, 0) is 35.4 Å². The number of amides is 1. The van der Waals surface area contributed by atoms with E-state index in [1.807, 2.05) is 0 Å². The first-order valence-corrected chi connectivity index (χ1v) is 7.47. The van der Waals surface area contributed by atoms with Crippen LogP contribution in [-0.2, 0) is 19.3 Å². The van der Waals surface area contributed by atoms with Gasteiger partial charge < -0.3 is 9.64 Å². The van der Waals surface area contributed by atoms with Crippen LogP contribution in [0.15, 0.2) is 36.4 Å². The zero-order valence-electron chi connectivity index (χ0n) is 13.3. The number of fused-ring (bicyclic) bond motifs is 1. The predicted molar refractivity (Wildman–Crippen MR) is 78.1 cm³/mol. The first-order valence-electron chi connectivity index (χ1n) is 7.47. The van der Waals surface area contributed by atoms with E-state index in [1.54, 1.807) is 0 Å². The Labute approximate surface area is 148 Å². The van der Waals surface area contributed by atoms with E-state index in [4.69, 9.17) is 0 Å². The molecule has 2 aromatic carbocycles. The summed E-state index contributed by atoms with van der Waals surface area (Å²) in [4.78, 5) is 13.4. The minimum Gasteiger partial charge on any atom is -0.406 e. The average molecular weight is 393 g/mol. The third-order valence-electron chi connectivity index (χ3n) is 3.88. The van der Waals surface area contributed by atoms with Crippen molar-refractivity contribution in [3.05, 3.63) is 64.5 Å². The molecule has 3 rings (SSSR count). The monoisotopic (exact) mass is 393 g/mol. The van der Waals surface area contributed by atoms with E-state index in [0.717, 1.165) is 23.1 Å². The fourth-order valence-electron chi connectivity index (χ4n) is 2.84. The van der Waals surface area contributed by atoms with Gasteiger partial charge in [0.1, 0.15) is 11.6 Å². The standard InChI is InChI=1S/C17H10F7NO2/c18-11-5-10-8-25(15(26)14(10)13(6-11)16(19,20)21)7-9-1-3-12(4-2-9)27-17(22,23)24/h1-6H,7-8H2. The Morgan fingerprint density at radius 1 is 1.00 bits per heavy atom. The van der Waals surface area contributed by atoms with E-state index < -0.39 is 41.1 Å². The summed E-state index contributed by atoms with van der Waals surface area (Å²) in [6.45, 7) is -0.394. The zero-order valence-corrected chi connectivity index (χ0v) is 13.3. The number of ether oxygens (including phenoxy) is 1. The van der Waals surface area contributed by atoms with Crippen LogP contribution in [0.4, 0.5) is 30.7 Å². The van der Waals surface area contributed by atoms with Gasteiger partial charge in [-0.3, -0.25) is 4.79 Å². The number of carbonyl (C=O) groups excluding carboxylic acids is 1. The maximum absolute atomic E-state index is 13.5. The van der Waals surface area contributed by atoms with Gasteiger partial charge in [0.25, 0.3) is 5.91 Å². The number of nitrogens with zero attached hydrogens (tertiary/aromatic N) is 1. The lowest BCUT2D eigenvalue weighted by Gasteiger charge is -2.16. The molecule has 0 N–H and O–H groups in total. The lowest BCUT2D eigenvalue weighted by Crippen LogP contribution is -2.24. The smallest absolute Gasteiger partial charge is 0.406 e. The molecule has 0 unspecified atom stereocenters. The molecule has 1 aliphatic heterocycles. The second-order valence-corrected chi connectivity index (χ2v) is 5.84. The highest BCUT2D eigenvalue weighted by Gasteiger charge is 2.41. The summed E-state index contributed by atoms with van der Waals surface area (Å²) in [5.41, 5.74) is -1.68. The van der Waals surface area contributed by atoms with E-state index in [9.17, 15) is 35.5 Å². The van der Waals surface area contributed by atoms with Crippen molar-refractivity contribution < 1.29 is 40.3 Å². The molecule has 144 valence electrons. The van der Waals surface area contributed by atoms with E-state index in [1.165, 1.54) is 12.1 Å². The molecule has 0 radical (unpaired) electrons. The number of hydrogen-bond donors (Lipinski definition) is 0. The molecular formula is C17H10F7NO2. The van der Waals surface area contributed by atoms with Crippen LogP contribution >= 0.6 is 0 Å². The molecule has 2 aromatic rings. The van der Waals surface area contributed by atoms with Gasteiger partial charge in [-0.2, -0.15) is 13.2 Å². The molecule has 1 amide bonds. The van der Waals surface area contributed by atoms with Crippen LogP contribution in [0.5, 0.6) is 5.75 Å². The number of rotatable bonds is 3. The lowest BCUT2D eigenvalue weighted by molar-refractivity contribution is -0.274. The molecule has 27 heavy (non-hydrogen) atoms. The van der Waals surface area contributed by atoms with Crippen molar-refractivity contribution in [2.75, 3.05) is 0 Å². The van der Waals surface area contributed by atoms with Crippen LogP contribution in [0.2, 0.25) is 0 Å². The Balaban J connectivity index is 1.81. The van der Waals surface area contributed by atoms with Crippen LogP contribution < -0.4 is 4.74 Å². The van der Waals surface area contributed by atoms with Crippen LogP contribution in [0.1, 0.15) is 27.0 Å². The van der Waals surface area contributed by atoms with E-state index in [-0.39, 0.29) is 24.7 Å². The lowest BCUT2D eigenvalue weighted by atomic mass is 10.0. The molecule has 0 saturated heterocycles.